The molecule has 1 fully saturated rings. The van der Waals surface area contributed by atoms with E-state index >= 15 is 0 Å². The predicted molar refractivity (Wildman–Crippen MR) is 77.8 cm³/mol. The number of carbonyl (C=O) groups excluding carboxylic acids is 1. The van der Waals surface area contributed by atoms with E-state index in [4.69, 9.17) is 4.52 Å². The molecule has 2 heterocycles. The molecule has 21 heavy (non-hydrogen) atoms. The van der Waals surface area contributed by atoms with Gasteiger partial charge in [-0.05, 0) is 18.9 Å². The lowest BCUT2D eigenvalue weighted by molar-refractivity contribution is -0.137. The Kier molecular flexibility index (Phi) is 3.73. The quantitative estimate of drug-likeness (QED) is 0.866. The molecule has 5 nitrogen and oxygen atoms in total. The Morgan fingerprint density at radius 2 is 2.10 bits per heavy atom. The van der Waals surface area contributed by atoms with Crippen molar-refractivity contribution < 1.29 is 9.32 Å². The molecule has 1 aromatic carbocycles. The molecule has 3 rings (SSSR count). The van der Waals surface area contributed by atoms with E-state index in [1.165, 1.54) is 0 Å². The molecule has 0 saturated carbocycles. The fraction of sp³-hybridized carbons (Fsp3) is 0.438. The van der Waals surface area contributed by atoms with E-state index in [2.05, 4.69) is 10.1 Å². The van der Waals surface area contributed by atoms with Gasteiger partial charge in [-0.15, -0.1) is 0 Å². The van der Waals surface area contributed by atoms with Gasteiger partial charge in [0.15, 0.2) is 5.82 Å². The zero-order valence-corrected chi connectivity index (χ0v) is 12.3. The molecule has 0 spiro atoms. The summed E-state index contributed by atoms with van der Waals surface area (Å²) < 4.78 is 5.17. The van der Waals surface area contributed by atoms with Gasteiger partial charge in [-0.3, -0.25) is 4.79 Å². The molecule has 2 aromatic rings. The van der Waals surface area contributed by atoms with Crippen LogP contribution >= 0.6 is 0 Å². The maximum Gasteiger partial charge on any atom is 0.233 e. The summed E-state index contributed by atoms with van der Waals surface area (Å²) in [6.45, 7) is 5.19. The largest absolute Gasteiger partial charge is 0.340 e. The fourth-order valence-corrected chi connectivity index (χ4v) is 2.75. The van der Waals surface area contributed by atoms with Crippen molar-refractivity contribution in [3.05, 3.63) is 47.6 Å². The van der Waals surface area contributed by atoms with Crippen molar-refractivity contribution >= 4 is 5.91 Å². The van der Waals surface area contributed by atoms with Crippen molar-refractivity contribution in [3.63, 3.8) is 0 Å². The number of benzene rings is 1. The monoisotopic (exact) mass is 285 g/mol. The van der Waals surface area contributed by atoms with Crippen LogP contribution in [0.25, 0.3) is 0 Å². The van der Waals surface area contributed by atoms with Crippen molar-refractivity contribution in [1.29, 1.82) is 0 Å². The lowest BCUT2D eigenvalue weighted by Gasteiger charge is -2.39. The Hall–Kier alpha value is -2.17. The molecule has 0 N–H and O–H groups in total. The summed E-state index contributed by atoms with van der Waals surface area (Å²) in [5.74, 6) is 1.60. The summed E-state index contributed by atoms with van der Waals surface area (Å²) in [6, 6.07) is 9.96. The van der Waals surface area contributed by atoms with Gasteiger partial charge in [0.05, 0.1) is 11.8 Å². The molecule has 1 aromatic heterocycles. The van der Waals surface area contributed by atoms with Crippen LogP contribution in [0.3, 0.4) is 0 Å². The zero-order chi connectivity index (χ0) is 14.8. The van der Waals surface area contributed by atoms with Gasteiger partial charge in [0.1, 0.15) is 0 Å². The predicted octanol–water partition coefficient (Wildman–Crippen LogP) is 2.50. The van der Waals surface area contributed by atoms with Crippen LogP contribution in [-0.4, -0.2) is 34.0 Å². The minimum atomic E-state index is -0.0587. The first-order valence-corrected chi connectivity index (χ1v) is 7.33. The van der Waals surface area contributed by atoms with Crippen molar-refractivity contribution in [3.8, 4) is 0 Å². The van der Waals surface area contributed by atoms with Gasteiger partial charge in [0.25, 0.3) is 0 Å². The molecular weight excluding hydrogens is 266 g/mol. The van der Waals surface area contributed by atoms with Crippen LogP contribution in [0.15, 0.2) is 34.9 Å². The number of nitrogens with zero attached hydrogens (tertiary/aromatic N) is 3. The smallest absolute Gasteiger partial charge is 0.233 e. The molecule has 0 unspecified atom stereocenters. The first-order valence-electron chi connectivity index (χ1n) is 7.33. The molecule has 0 aliphatic carbocycles. The molecule has 0 radical (unpaired) electrons. The van der Waals surface area contributed by atoms with Crippen molar-refractivity contribution in [1.82, 2.24) is 15.0 Å². The summed E-state index contributed by atoms with van der Waals surface area (Å²) >= 11 is 0. The highest BCUT2D eigenvalue weighted by molar-refractivity contribution is 5.84. The van der Waals surface area contributed by atoms with Crippen molar-refractivity contribution in [2.45, 2.75) is 32.1 Å². The van der Waals surface area contributed by atoms with Gasteiger partial charge in [-0.1, -0.05) is 42.4 Å². The normalized spacial score (nSPS) is 16.6. The minimum absolute atomic E-state index is 0.0587. The van der Waals surface area contributed by atoms with E-state index in [1.54, 1.807) is 6.92 Å². The van der Waals surface area contributed by atoms with Gasteiger partial charge in [-0.25, -0.2) is 0 Å². The molecule has 1 aliphatic heterocycles. The highest BCUT2D eigenvalue weighted by Gasteiger charge is 2.37. The lowest BCUT2D eigenvalue weighted by Crippen LogP contribution is -2.50. The zero-order valence-electron chi connectivity index (χ0n) is 12.3. The van der Waals surface area contributed by atoms with Gasteiger partial charge >= 0.3 is 0 Å². The SMILES string of the molecule is CC[C@@H](C(=O)N1CC(c2nc(C)no2)C1)c1ccccc1. The summed E-state index contributed by atoms with van der Waals surface area (Å²) in [4.78, 5) is 18.7. The van der Waals surface area contributed by atoms with E-state index in [0.717, 1.165) is 12.0 Å². The molecule has 1 saturated heterocycles. The Labute approximate surface area is 124 Å². The average molecular weight is 285 g/mol. The number of hydrogen-bond acceptors (Lipinski definition) is 4. The molecule has 1 atom stereocenters. The van der Waals surface area contributed by atoms with Gasteiger partial charge in [0, 0.05) is 13.1 Å². The van der Waals surface area contributed by atoms with E-state index in [1.807, 2.05) is 42.2 Å². The Bertz CT molecular complexity index is 617. The molecule has 1 amide bonds. The number of aromatic nitrogens is 2. The minimum Gasteiger partial charge on any atom is -0.340 e. The van der Waals surface area contributed by atoms with Crippen LogP contribution in [0.2, 0.25) is 0 Å². The number of aryl methyl sites for hydroxylation is 1. The van der Waals surface area contributed by atoms with E-state index in [0.29, 0.717) is 24.8 Å². The topological polar surface area (TPSA) is 59.2 Å². The summed E-state index contributed by atoms with van der Waals surface area (Å²) in [7, 11) is 0. The summed E-state index contributed by atoms with van der Waals surface area (Å²) in [5, 5.41) is 3.80. The number of rotatable bonds is 4. The van der Waals surface area contributed by atoms with Crippen LogP contribution < -0.4 is 0 Å². The molecule has 0 bridgehead atoms. The lowest BCUT2D eigenvalue weighted by atomic mass is 9.91. The van der Waals surface area contributed by atoms with Gasteiger partial charge in [-0.2, -0.15) is 4.98 Å². The molecule has 1 aliphatic rings. The number of carbonyl (C=O) groups is 1. The summed E-state index contributed by atoms with van der Waals surface area (Å²) in [6.07, 6.45) is 0.809. The second-order valence-electron chi connectivity index (χ2n) is 5.49. The van der Waals surface area contributed by atoms with E-state index in [-0.39, 0.29) is 17.7 Å². The Morgan fingerprint density at radius 3 is 2.67 bits per heavy atom. The van der Waals surface area contributed by atoms with Crippen LogP contribution in [0.5, 0.6) is 0 Å². The third-order valence-corrected chi connectivity index (χ3v) is 3.99. The van der Waals surface area contributed by atoms with Crippen LogP contribution in [0, 0.1) is 6.92 Å². The Morgan fingerprint density at radius 1 is 1.38 bits per heavy atom. The molecule has 5 heteroatoms. The summed E-state index contributed by atoms with van der Waals surface area (Å²) in [5.41, 5.74) is 1.09. The van der Waals surface area contributed by atoms with Gasteiger partial charge < -0.3 is 9.42 Å². The third-order valence-electron chi connectivity index (χ3n) is 3.99. The first kappa shape index (κ1) is 13.8. The number of amides is 1. The van der Waals surface area contributed by atoms with E-state index in [9.17, 15) is 4.79 Å². The van der Waals surface area contributed by atoms with Gasteiger partial charge in [0.2, 0.25) is 11.8 Å². The van der Waals surface area contributed by atoms with Crippen LogP contribution in [0.1, 0.15) is 42.5 Å². The van der Waals surface area contributed by atoms with Crippen LogP contribution in [0.4, 0.5) is 0 Å². The van der Waals surface area contributed by atoms with Crippen LogP contribution in [-0.2, 0) is 4.79 Å². The first-order chi connectivity index (χ1) is 10.2. The Balaban J connectivity index is 1.64. The second kappa shape index (κ2) is 5.68. The average Bonchev–Trinajstić information content (AvgIpc) is 2.85. The second-order valence-corrected chi connectivity index (χ2v) is 5.49. The fourth-order valence-electron chi connectivity index (χ4n) is 2.75. The molecule has 110 valence electrons. The third kappa shape index (κ3) is 2.68. The number of likely N-dealkylation sites (tertiary alicyclic amines) is 1. The standard InChI is InChI=1S/C16H19N3O2/c1-3-14(12-7-5-4-6-8-12)16(20)19-9-13(10-19)15-17-11(2)18-21-15/h4-8,13-14H,3,9-10H2,1-2H3/t14-/m1/s1. The maximum absolute atomic E-state index is 12.6. The highest BCUT2D eigenvalue weighted by Crippen LogP contribution is 2.30. The highest BCUT2D eigenvalue weighted by atomic mass is 16.5. The number of hydrogen-bond donors (Lipinski definition) is 0. The van der Waals surface area contributed by atoms with E-state index < -0.39 is 0 Å². The van der Waals surface area contributed by atoms with Crippen molar-refractivity contribution in [2.24, 2.45) is 0 Å². The maximum atomic E-state index is 12.6. The molecular formula is C16H19N3O2. The van der Waals surface area contributed by atoms with Crippen molar-refractivity contribution in [2.75, 3.05) is 13.1 Å².